The van der Waals surface area contributed by atoms with Crippen LogP contribution in [0.2, 0.25) is 0 Å². The van der Waals surface area contributed by atoms with Gasteiger partial charge in [-0.3, -0.25) is 4.79 Å². The first-order valence-electron chi connectivity index (χ1n) is 7.92. The predicted molar refractivity (Wildman–Crippen MR) is 97.4 cm³/mol. The molecule has 0 aliphatic heterocycles. The van der Waals surface area contributed by atoms with Crippen LogP contribution < -0.4 is 10.6 Å². The molecule has 0 aliphatic rings. The summed E-state index contributed by atoms with van der Waals surface area (Å²) in [4.78, 5) is 16.3. The van der Waals surface area contributed by atoms with Crippen LogP contribution in [0.15, 0.2) is 66.9 Å². The second-order valence-corrected chi connectivity index (χ2v) is 5.78. The van der Waals surface area contributed by atoms with Gasteiger partial charge in [0.1, 0.15) is 11.6 Å². The number of rotatable bonds is 5. The molecule has 126 valence electrons. The zero-order valence-corrected chi connectivity index (χ0v) is 13.8. The summed E-state index contributed by atoms with van der Waals surface area (Å²) >= 11 is 0. The Morgan fingerprint density at radius 2 is 1.84 bits per heavy atom. The molecule has 5 heteroatoms. The van der Waals surface area contributed by atoms with Gasteiger partial charge in [-0.25, -0.2) is 9.37 Å². The van der Waals surface area contributed by atoms with E-state index in [2.05, 4.69) is 15.6 Å². The number of carbonyl (C=O) groups is 1. The molecule has 0 fully saturated rings. The van der Waals surface area contributed by atoms with Crippen molar-refractivity contribution in [3.8, 4) is 0 Å². The van der Waals surface area contributed by atoms with E-state index in [1.165, 1.54) is 12.1 Å². The van der Waals surface area contributed by atoms with E-state index in [0.717, 1.165) is 16.8 Å². The van der Waals surface area contributed by atoms with Crippen LogP contribution in [0.1, 0.15) is 11.1 Å². The van der Waals surface area contributed by atoms with Gasteiger partial charge >= 0.3 is 0 Å². The van der Waals surface area contributed by atoms with E-state index in [1.54, 1.807) is 30.5 Å². The molecule has 25 heavy (non-hydrogen) atoms. The van der Waals surface area contributed by atoms with Crippen LogP contribution in [-0.4, -0.2) is 10.9 Å². The Kier molecular flexibility index (Phi) is 5.04. The number of nitrogens with one attached hydrogen (secondary N) is 2. The van der Waals surface area contributed by atoms with Crippen LogP contribution in [0.4, 0.5) is 21.6 Å². The number of pyridine rings is 1. The maximum atomic E-state index is 12.9. The Balaban J connectivity index is 1.58. The van der Waals surface area contributed by atoms with Gasteiger partial charge in [0.05, 0.1) is 18.3 Å². The van der Waals surface area contributed by atoms with E-state index in [4.69, 9.17) is 0 Å². The number of benzene rings is 2. The number of nitrogens with zero attached hydrogens (tertiary/aromatic N) is 1. The largest absolute Gasteiger partial charge is 0.340 e. The summed E-state index contributed by atoms with van der Waals surface area (Å²) in [5.41, 5.74) is 3.49. The standard InChI is InChI=1S/C20H18FN3O/c1-14-3-2-4-17(11-14)23-19-10-9-18(13-22-19)24-20(25)12-15-5-7-16(21)8-6-15/h2-11,13H,12H2,1H3,(H,22,23)(H,24,25). The lowest BCUT2D eigenvalue weighted by Gasteiger charge is -2.08. The molecule has 0 aliphatic carbocycles. The number of hydrogen-bond acceptors (Lipinski definition) is 3. The van der Waals surface area contributed by atoms with Crippen molar-refractivity contribution < 1.29 is 9.18 Å². The number of amides is 1. The number of hydrogen-bond donors (Lipinski definition) is 2. The average molecular weight is 335 g/mol. The van der Waals surface area contributed by atoms with Crippen molar-refractivity contribution in [2.75, 3.05) is 10.6 Å². The van der Waals surface area contributed by atoms with Crippen molar-refractivity contribution in [1.82, 2.24) is 4.98 Å². The Morgan fingerprint density at radius 1 is 1.04 bits per heavy atom. The van der Waals surface area contributed by atoms with Gasteiger partial charge < -0.3 is 10.6 Å². The molecule has 3 rings (SSSR count). The van der Waals surface area contributed by atoms with E-state index in [-0.39, 0.29) is 18.1 Å². The molecule has 2 aromatic carbocycles. The van der Waals surface area contributed by atoms with Crippen LogP contribution in [0.3, 0.4) is 0 Å². The molecule has 4 nitrogen and oxygen atoms in total. The molecule has 0 bridgehead atoms. The smallest absolute Gasteiger partial charge is 0.228 e. The molecule has 0 unspecified atom stereocenters. The third-order valence-electron chi connectivity index (χ3n) is 3.62. The van der Waals surface area contributed by atoms with Gasteiger partial charge in [-0.1, -0.05) is 24.3 Å². The molecule has 3 aromatic rings. The third-order valence-corrected chi connectivity index (χ3v) is 3.62. The highest BCUT2D eigenvalue weighted by atomic mass is 19.1. The molecule has 1 aromatic heterocycles. The fourth-order valence-electron chi connectivity index (χ4n) is 2.41. The highest BCUT2D eigenvalue weighted by Gasteiger charge is 2.05. The van der Waals surface area contributed by atoms with E-state index >= 15 is 0 Å². The minimum absolute atomic E-state index is 0.173. The van der Waals surface area contributed by atoms with Crippen molar-refractivity contribution in [3.05, 3.63) is 83.8 Å². The lowest BCUT2D eigenvalue weighted by atomic mass is 10.1. The molecule has 0 radical (unpaired) electrons. The van der Waals surface area contributed by atoms with Gasteiger partial charge in [0, 0.05) is 5.69 Å². The zero-order chi connectivity index (χ0) is 17.6. The summed E-state index contributed by atoms with van der Waals surface area (Å²) in [7, 11) is 0. The fraction of sp³-hybridized carbons (Fsp3) is 0.100. The zero-order valence-electron chi connectivity index (χ0n) is 13.8. The lowest BCUT2D eigenvalue weighted by molar-refractivity contribution is -0.115. The summed E-state index contributed by atoms with van der Waals surface area (Å²) in [5, 5.41) is 5.99. The highest BCUT2D eigenvalue weighted by molar-refractivity contribution is 5.92. The Labute approximate surface area is 145 Å². The maximum Gasteiger partial charge on any atom is 0.228 e. The predicted octanol–water partition coefficient (Wildman–Crippen LogP) is 4.45. The quantitative estimate of drug-likeness (QED) is 0.724. The van der Waals surface area contributed by atoms with Crippen LogP contribution in [-0.2, 0) is 11.2 Å². The van der Waals surface area contributed by atoms with Crippen molar-refractivity contribution in [3.63, 3.8) is 0 Å². The first-order chi connectivity index (χ1) is 12.1. The number of anilines is 3. The molecular formula is C20H18FN3O. The van der Waals surface area contributed by atoms with Crippen LogP contribution in [0, 0.1) is 12.7 Å². The van der Waals surface area contributed by atoms with Crippen molar-refractivity contribution in [2.45, 2.75) is 13.3 Å². The number of halogens is 1. The summed E-state index contributed by atoms with van der Waals surface area (Å²) < 4.78 is 12.9. The third kappa shape index (κ3) is 4.88. The van der Waals surface area contributed by atoms with Gasteiger partial charge in [0.15, 0.2) is 0 Å². The molecule has 0 atom stereocenters. The van der Waals surface area contributed by atoms with Crippen molar-refractivity contribution in [1.29, 1.82) is 0 Å². The number of carbonyl (C=O) groups excluding carboxylic acids is 1. The van der Waals surface area contributed by atoms with Gasteiger partial charge in [0.2, 0.25) is 5.91 Å². The fourth-order valence-corrected chi connectivity index (χ4v) is 2.41. The second kappa shape index (κ2) is 7.57. The summed E-state index contributed by atoms with van der Waals surface area (Å²) in [6.45, 7) is 2.03. The number of aryl methyl sites for hydroxylation is 1. The second-order valence-electron chi connectivity index (χ2n) is 5.78. The van der Waals surface area contributed by atoms with Gasteiger partial charge in [-0.2, -0.15) is 0 Å². The van der Waals surface area contributed by atoms with Gasteiger partial charge in [-0.15, -0.1) is 0 Å². The number of aromatic nitrogens is 1. The highest BCUT2D eigenvalue weighted by Crippen LogP contribution is 2.17. The molecule has 2 N–H and O–H groups in total. The normalized spacial score (nSPS) is 10.3. The van der Waals surface area contributed by atoms with Crippen molar-refractivity contribution in [2.24, 2.45) is 0 Å². The first kappa shape index (κ1) is 16.6. The molecule has 0 spiro atoms. The Morgan fingerprint density at radius 3 is 2.52 bits per heavy atom. The maximum absolute atomic E-state index is 12.9. The Hall–Kier alpha value is -3.21. The minimum Gasteiger partial charge on any atom is -0.340 e. The van der Waals surface area contributed by atoms with Gasteiger partial charge in [-0.05, 0) is 54.4 Å². The molecule has 0 saturated heterocycles. The lowest BCUT2D eigenvalue weighted by Crippen LogP contribution is -2.14. The van der Waals surface area contributed by atoms with E-state index in [9.17, 15) is 9.18 Å². The van der Waals surface area contributed by atoms with Gasteiger partial charge in [0.25, 0.3) is 0 Å². The first-order valence-corrected chi connectivity index (χ1v) is 7.92. The summed E-state index contributed by atoms with van der Waals surface area (Å²) in [5.74, 6) is 0.208. The Bertz CT molecular complexity index is 861. The molecular weight excluding hydrogens is 317 g/mol. The van der Waals surface area contributed by atoms with Crippen LogP contribution >= 0.6 is 0 Å². The topological polar surface area (TPSA) is 54.0 Å². The summed E-state index contributed by atoms with van der Waals surface area (Å²) in [6.07, 6.45) is 1.78. The average Bonchev–Trinajstić information content (AvgIpc) is 2.59. The molecule has 1 heterocycles. The monoisotopic (exact) mass is 335 g/mol. The van der Waals surface area contributed by atoms with Crippen molar-refractivity contribution >= 4 is 23.1 Å². The summed E-state index contributed by atoms with van der Waals surface area (Å²) in [6, 6.07) is 17.5. The minimum atomic E-state index is -0.315. The molecule has 0 saturated carbocycles. The van der Waals surface area contributed by atoms with E-state index < -0.39 is 0 Å². The molecule has 1 amide bonds. The van der Waals surface area contributed by atoms with Crippen LogP contribution in [0.5, 0.6) is 0 Å². The van der Waals surface area contributed by atoms with E-state index in [1.807, 2.05) is 31.2 Å². The van der Waals surface area contributed by atoms with E-state index in [0.29, 0.717) is 11.5 Å². The van der Waals surface area contributed by atoms with Crippen LogP contribution in [0.25, 0.3) is 0 Å². The SMILES string of the molecule is Cc1cccc(Nc2ccc(NC(=O)Cc3ccc(F)cc3)cn2)c1.